The van der Waals surface area contributed by atoms with Gasteiger partial charge in [-0.3, -0.25) is 0 Å². The highest BCUT2D eigenvalue weighted by Crippen LogP contribution is 2.41. The summed E-state index contributed by atoms with van der Waals surface area (Å²) in [5.41, 5.74) is 7.08. The maximum absolute atomic E-state index is 5.98. The van der Waals surface area contributed by atoms with Crippen LogP contribution in [0.25, 0.3) is 0 Å². The Bertz CT molecular complexity index is 394. The largest absolute Gasteiger partial charge is 0.353 e. The van der Waals surface area contributed by atoms with Crippen molar-refractivity contribution in [3.05, 3.63) is 16.1 Å². The third-order valence-electron chi connectivity index (χ3n) is 4.31. The molecular weight excluding hydrogens is 260 g/mol. The number of nitrogens with two attached hydrogens (primary N) is 1. The molecule has 19 heavy (non-hydrogen) atoms. The van der Waals surface area contributed by atoms with Crippen molar-refractivity contribution in [1.29, 1.82) is 0 Å². The summed E-state index contributed by atoms with van der Waals surface area (Å²) in [5, 5.41) is 3.29. The van der Waals surface area contributed by atoms with Gasteiger partial charge in [0.25, 0.3) is 0 Å². The van der Waals surface area contributed by atoms with Gasteiger partial charge in [-0.05, 0) is 25.7 Å². The van der Waals surface area contributed by atoms with Crippen LogP contribution in [0.15, 0.2) is 5.38 Å². The van der Waals surface area contributed by atoms with Crippen molar-refractivity contribution in [2.45, 2.75) is 44.3 Å². The monoisotopic (exact) mass is 284 g/mol. The number of aryl methyl sites for hydroxylation is 1. The first-order chi connectivity index (χ1) is 9.14. The molecule has 108 valence electrons. The van der Waals surface area contributed by atoms with E-state index in [1.807, 2.05) is 6.92 Å². The van der Waals surface area contributed by atoms with E-state index in [9.17, 15) is 0 Å². The number of ether oxygens (including phenoxy) is 2. The molecule has 0 saturated heterocycles. The summed E-state index contributed by atoms with van der Waals surface area (Å²) >= 11 is 1.73. The average molecular weight is 284 g/mol. The molecule has 5 heteroatoms. The van der Waals surface area contributed by atoms with Crippen LogP contribution in [0.5, 0.6) is 0 Å². The van der Waals surface area contributed by atoms with Crippen LogP contribution in [0, 0.1) is 12.8 Å². The summed E-state index contributed by atoms with van der Waals surface area (Å²) in [7, 11) is 3.46. The van der Waals surface area contributed by atoms with Crippen molar-refractivity contribution in [2.24, 2.45) is 11.7 Å². The molecule has 1 saturated carbocycles. The van der Waals surface area contributed by atoms with Gasteiger partial charge in [0.2, 0.25) is 0 Å². The first-order valence-corrected chi connectivity index (χ1v) is 7.74. The smallest absolute Gasteiger partial charge is 0.167 e. The lowest BCUT2D eigenvalue weighted by molar-refractivity contribution is -0.228. The van der Waals surface area contributed by atoms with E-state index in [-0.39, 0.29) is 5.79 Å². The number of methoxy groups -OCH3 is 2. The summed E-state index contributed by atoms with van der Waals surface area (Å²) < 4.78 is 11.1. The molecule has 0 spiro atoms. The van der Waals surface area contributed by atoms with Gasteiger partial charge >= 0.3 is 0 Å². The normalized spacial score (nSPS) is 21.5. The number of thiazole rings is 1. The van der Waals surface area contributed by atoms with Gasteiger partial charge < -0.3 is 15.2 Å². The van der Waals surface area contributed by atoms with Crippen LogP contribution < -0.4 is 5.73 Å². The SMILES string of the molecule is COC1(OC)CCC(C(CN)c2nc(C)cs2)CC1. The molecule has 4 nitrogen and oxygen atoms in total. The molecule has 1 fully saturated rings. The Morgan fingerprint density at radius 3 is 2.47 bits per heavy atom. The highest BCUT2D eigenvalue weighted by molar-refractivity contribution is 7.09. The zero-order valence-corrected chi connectivity index (χ0v) is 12.8. The second-order valence-electron chi connectivity index (χ2n) is 5.33. The molecule has 0 radical (unpaired) electrons. The van der Waals surface area contributed by atoms with Gasteiger partial charge in [-0.25, -0.2) is 4.98 Å². The molecule has 2 N–H and O–H groups in total. The fraction of sp³-hybridized carbons (Fsp3) is 0.786. The summed E-state index contributed by atoms with van der Waals surface area (Å²) in [4.78, 5) is 4.61. The molecule has 1 heterocycles. The van der Waals surface area contributed by atoms with Crippen LogP contribution in [0.3, 0.4) is 0 Å². The summed E-state index contributed by atoms with van der Waals surface area (Å²) in [6, 6.07) is 0. The Labute approximate surface area is 119 Å². The fourth-order valence-electron chi connectivity index (χ4n) is 3.01. The Hall–Kier alpha value is -0.490. The van der Waals surface area contributed by atoms with E-state index in [2.05, 4.69) is 10.4 Å². The van der Waals surface area contributed by atoms with E-state index in [1.54, 1.807) is 25.6 Å². The minimum absolute atomic E-state index is 0.380. The van der Waals surface area contributed by atoms with Gasteiger partial charge in [-0.15, -0.1) is 11.3 Å². The lowest BCUT2D eigenvalue weighted by Crippen LogP contribution is -2.39. The molecule has 1 aromatic heterocycles. The third-order valence-corrected chi connectivity index (χ3v) is 5.41. The van der Waals surface area contributed by atoms with Gasteiger partial charge in [0.15, 0.2) is 5.79 Å². The standard InChI is InChI=1S/C14H24N2O2S/c1-10-9-19-13(16-10)12(8-15)11-4-6-14(17-2,18-3)7-5-11/h9,11-12H,4-8,15H2,1-3H3. The average Bonchev–Trinajstić information content (AvgIpc) is 2.87. The topological polar surface area (TPSA) is 57.4 Å². The van der Waals surface area contributed by atoms with Gasteiger partial charge in [0.05, 0.1) is 5.01 Å². The number of hydrogen-bond acceptors (Lipinski definition) is 5. The first-order valence-electron chi connectivity index (χ1n) is 6.86. The third kappa shape index (κ3) is 3.16. The highest BCUT2D eigenvalue weighted by Gasteiger charge is 2.38. The van der Waals surface area contributed by atoms with Gasteiger partial charge in [-0.1, -0.05) is 0 Å². The molecule has 1 aliphatic carbocycles. The van der Waals surface area contributed by atoms with E-state index in [1.165, 1.54) is 5.01 Å². The molecule has 0 aliphatic heterocycles. The molecule has 1 aliphatic rings. The van der Waals surface area contributed by atoms with Crippen molar-refractivity contribution in [3.63, 3.8) is 0 Å². The molecule has 1 aromatic rings. The van der Waals surface area contributed by atoms with Crippen molar-refractivity contribution in [1.82, 2.24) is 4.98 Å². The summed E-state index contributed by atoms with van der Waals surface area (Å²) in [6.45, 7) is 2.71. The highest BCUT2D eigenvalue weighted by atomic mass is 32.1. The lowest BCUT2D eigenvalue weighted by Gasteiger charge is -2.39. The molecule has 0 aromatic carbocycles. The zero-order chi connectivity index (χ0) is 13.9. The van der Waals surface area contributed by atoms with Crippen molar-refractivity contribution in [3.8, 4) is 0 Å². The quantitative estimate of drug-likeness (QED) is 0.845. The summed E-state index contributed by atoms with van der Waals surface area (Å²) in [6.07, 6.45) is 4.04. The van der Waals surface area contributed by atoms with E-state index in [4.69, 9.17) is 15.2 Å². The van der Waals surface area contributed by atoms with E-state index >= 15 is 0 Å². The summed E-state index contributed by atoms with van der Waals surface area (Å²) in [5.74, 6) is 0.591. The van der Waals surface area contributed by atoms with E-state index in [0.717, 1.165) is 31.4 Å². The number of aromatic nitrogens is 1. The molecular formula is C14H24N2O2S. The van der Waals surface area contributed by atoms with Crippen LogP contribution in [-0.4, -0.2) is 31.5 Å². The van der Waals surface area contributed by atoms with Crippen LogP contribution in [0.4, 0.5) is 0 Å². The maximum atomic E-state index is 5.98. The fourth-order valence-corrected chi connectivity index (χ4v) is 4.02. The molecule has 1 unspecified atom stereocenters. The molecule has 2 rings (SSSR count). The molecule has 1 atom stereocenters. The molecule has 0 bridgehead atoms. The zero-order valence-electron chi connectivity index (χ0n) is 12.0. The second-order valence-corrected chi connectivity index (χ2v) is 6.22. The molecule has 0 amide bonds. The number of nitrogens with zero attached hydrogens (tertiary/aromatic N) is 1. The van der Waals surface area contributed by atoms with Crippen molar-refractivity contribution in [2.75, 3.05) is 20.8 Å². The lowest BCUT2D eigenvalue weighted by atomic mass is 9.77. The van der Waals surface area contributed by atoms with Crippen molar-refractivity contribution < 1.29 is 9.47 Å². The van der Waals surface area contributed by atoms with E-state index in [0.29, 0.717) is 18.4 Å². The number of rotatable bonds is 5. The predicted molar refractivity (Wildman–Crippen MR) is 77.4 cm³/mol. The first kappa shape index (κ1) is 14.9. The van der Waals surface area contributed by atoms with Crippen LogP contribution in [-0.2, 0) is 9.47 Å². The minimum Gasteiger partial charge on any atom is -0.353 e. The Morgan fingerprint density at radius 1 is 1.42 bits per heavy atom. The van der Waals surface area contributed by atoms with Gasteiger partial charge in [0, 0.05) is 50.6 Å². The van der Waals surface area contributed by atoms with E-state index < -0.39 is 0 Å². The maximum Gasteiger partial charge on any atom is 0.167 e. The Balaban J connectivity index is 2.03. The van der Waals surface area contributed by atoms with Gasteiger partial charge in [-0.2, -0.15) is 0 Å². The Morgan fingerprint density at radius 2 is 2.05 bits per heavy atom. The second kappa shape index (κ2) is 6.31. The minimum atomic E-state index is -0.381. The van der Waals surface area contributed by atoms with Crippen LogP contribution in [0.1, 0.15) is 42.3 Å². The Kier molecular flexibility index (Phi) is 4.95. The predicted octanol–water partition coefficient (Wildman–Crippen LogP) is 2.67. The van der Waals surface area contributed by atoms with Crippen molar-refractivity contribution >= 4 is 11.3 Å². The van der Waals surface area contributed by atoms with Gasteiger partial charge in [0.1, 0.15) is 0 Å². The van der Waals surface area contributed by atoms with Crippen LogP contribution >= 0.6 is 11.3 Å². The number of hydrogen-bond donors (Lipinski definition) is 1. The van der Waals surface area contributed by atoms with Crippen LogP contribution in [0.2, 0.25) is 0 Å².